The standard InChI is InChI=1S/C24H28FN3O6S2/c1-2-34-24(31)27-22(30)20-17-7-4-3-5-9-19(17)35-23(20)26-21(29)18-8-6-14-28(18)36(32,33)16-12-10-15(25)11-13-16/h10-13,18H,2-9,14H2,1H3,(H,26,29)(H,27,30,31). The quantitative estimate of drug-likeness (QED) is 0.540. The molecule has 0 radical (unpaired) electrons. The number of nitrogens with zero attached hydrogens (tertiary/aromatic N) is 1. The number of nitrogens with one attached hydrogen (secondary N) is 2. The lowest BCUT2D eigenvalue weighted by Crippen LogP contribution is -2.43. The maximum atomic E-state index is 13.3. The maximum absolute atomic E-state index is 13.3. The maximum Gasteiger partial charge on any atom is 0.414 e. The van der Waals surface area contributed by atoms with E-state index in [0.717, 1.165) is 52.6 Å². The number of aryl methyl sites for hydroxylation is 1. The Morgan fingerprint density at radius 1 is 1.11 bits per heavy atom. The molecule has 1 fully saturated rings. The Balaban J connectivity index is 1.61. The number of anilines is 1. The van der Waals surface area contributed by atoms with Crippen molar-refractivity contribution in [1.29, 1.82) is 0 Å². The van der Waals surface area contributed by atoms with Crippen LogP contribution in [0.1, 0.15) is 59.8 Å². The molecule has 3 amide bonds. The third-order valence-corrected chi connectivity index (χ3v) is 9.43. The number of ether oxygens (including phenoxy) is 1. The molecule has 2 aliphatic rings. The summed E-state index contributed by atoms with van der Waals surface area (Å²) in [5.74, 6) is -1.78. The lowest BCUT2D eigenvalue weighted by molar-refractivity contribution is -0.119. The van der Waals surface area contributed by atoms with Crippen LogP contribution in [-0.4, -0.2) is 49.8 Å². The second-order valence-electron chi connectivity index (χ2n) is 8.66. The molecule has 0 spiro atoms. The molecule has 0 bridgehead atoms. The van der Waals surface area contributed by atoms with E-state index in [1.807, 2.05) is 0 Å². The van der Waals surface area contributed by atoms with Gasteiger partial charge >= 0.3 is 6.09 Å². The van der Waals surface area contributed by atoms with Gasteiger partial charge in [0.25, 0.3) is 5.91 Å². The first-order valence-corrected chi connectivity index (χ1v) is 14.2. The number of carbonyl (C=O) groups excluding carboxylic acids is 3. The zero-order chi connectivity index (χ0) is 25.9. The fourth-order valence-electron chi connectivity index (χ4n) is 4.62. The molecule has 1 saturated heterocycles. The van der Waals surface area contributed by atoms with Crippen molar-refractivity contribution < 1.29 is 31.9 Å². The van der Waals surface area contributed by atoms with Crippen LogP contribution >= 0.6 is 11.3 Å². The number of rotatable bonds is 6. The number of sulfonamides is 1. The van der Waals surface area contributed by atoms with Crippen LogP contribution in [0.4, 0.5) is 14.2 Å². The molecule has 1 aromatic carbocycles. The van der Waals surface area contributed by atoms with Crippen molar-refractivity contribution in [3.63, 3.8) is 0 Å². The lowest BCUT2D eigenvalue weighted by Gasteiger charge is -2.23. The topological polar surface area (TPSA) is 122 Å². The first-order chi connectivity index (χ1) is 17.2. The molecule has 1 unspecified atom stereocenters. The van der Waals surface area contributed by atoms with Gasteiger partial charge < -0.3 is 10.1 Å². The average molecular weight is 538 g/mol. The number of amides is 3. The second kappa shape index (κ2) is 11.1. The molecule has 1 aliphatic heterocycles. The zero-order valence-corrected chi connectivity index (χ0v) is 21.5. The first kappa shape index (κ1) is 26.2. The number of hydrogen-bond donors (Lipinski definition) is 2. The van der Waals surface area contributed by atoms with E-state index in [0.29, 0.717) is 24.3 Å². The van der Waals surface area contributed by atoms with Crippen LogP contribution < -0.4 is 10.6 Å². The van der Waals surface area contributed by atoms with Gasteiger partial charge in [-0.05, 0) is 75.3 Å². The van der Waals surface area contributed by atoms with Gasteiger partial charge in [0.15, 0.2) is 0 Å². The van der Waals surface area contributed by atoms with E-state index < -0.39 is 39.8 Å². The lowest BCUT2D eigenvalue weighted by atomic mass is 10.0. The molecule has 1 atom stereocenters. The van der Waals surface area contributed by atoms with Gasteiger partial charge in [0.2, 0.25) is 15.9 Å². The van der Waals surface area contributed by atoms with Gasteiger partial charge in [0.1, 0.15) is 16.9 Å². The summed E-state index contributed by atoms with van der Waals surface area (Å²) in [5.41, 5.74) is 1.03. The molecule has 1 aliphatic carbocycles. The monoisotopic (exact) mass is 537 g/mol. The van der Waals surface area contributed by atoms with Crippen LogP contribution in [0.5, 0.6) is 0 Å². The number of alkyl carbamates (subject to hydrolysis) is 1. The largest absolute Gasteiger partial charge is 0.450 e. The molecule has 9 nitrogen and oxygen atoms in total. The third-order valence-electron chi connectivity index (χ3n) is 6.30. The molecule has 0 saturated carbocycles. The van der Waals surface area contributed by atoms with E-state index in [-0.39, 0.29) is 23.6 Å². The van der Waals surface area contributed by atoms with Gasteiger partial charge in [-0.25, -0.2) is 17.6 Å². The van der Waals surface area contributed by atoms with E-state index in [9.17, 15) is 27.2 Å². The van der Waals surface area contributed by atoms with E-state index in [1.165, 1.54) is 23.5 Å². The first-order valence-electron chi connectivity index (χ1n) is 11.9. The highest BCUT2D eigenvalue weighted by Gasteiger charge is 2.40. The number of thiophene rings is 1. The Morgan fingerprint density at radius 2 is 1.83 bits per heavy atom. The third kappa shape index (κ3) is 5.45. The number of imide groups is 1. The average Bonchev–Trinajstić information content (AvgIpc) is 3.39. The van der Waals surface area contributed by atoms with Crippen molar-refractivity contribution >= 4 is 44.3 Å². The van der Waals surface area contributed by atoms with Crippen molar-refractivity contribution in [2.24, 2.45) is 0 Å². The van der Waals surface area contributed by atoms with Gasteiger partial charge in [-0.3, -0.25) is 14.9 Å². The Bertz CT molecular complexity index is 1260. The summed E-state index contributed by atoms with van der Waals surface area (Å²) in [6, 6.07) is 3.48. The minimum absolute atomic E-state index is 0.0964. The summed E-state index contributed by atoms with van der Waals surface area (Å²) < 4.78 is 45.6. The zero-order valence-electron chi connectivity index (χ0n) is 19.8. The number of fused-ring (bicyclic) bond motifs is 1. The van der Waals surface area contributed by atoms with Crippen LogP contribution in [0, 0.1) is 5.82 Å². The molecule has 194 valence electrons. The highest BCUT2D eigenvalue weighted by Crippen LogP contribution is 2.38. The fraction of sp³-hybridized carbons (Fsp3) is 0.458. The normalized spacial score (nSPS) is 18.2. The second-order valence-corrected chi connectivity index (χ2v) is 11.7. The molecule has 2 aromatic rings. The smallest absolute Gasteiger partial charge is 0.414 e. The van der Waals surface area contributed by atoms with Gasteiger partial charge in [-0.1, -0.05) is 6.42 Å². The molecule has 1 aromatic heterocycles. The number of benzene rings is 1. The molecule has 36 heavy (non-hydrogen) atoms. The summed E-state index contributed by atoms with van der Waals surface area (Å²) in [6.07, 6.45) is 4.15. The van der Waals surface area contributed by atoms with Crippen molar-refractivity contribution in [3.8, 4) is 0 Å². The van der Waals surface area contributed by atoms with Crippen LogP contribution in [0.3, 0.4) is 0 Å². The minimum atomic E-state index is -4.03. The molecular formula is C24H28FN3O6S2. The number of hydrogen-bond acceptors (Lipinski definition) is 7. The van der Waals surface area contributed by atoms with Crippen LogP contribution in [0.25, 0.3) is 0 Å². The summed E-state index contributed by atoms with van der Waals surface area (Å²) in [5, 5.41) is 5.29. The highest BCUT2D eigenvalue weighted by atomic mass is 32.2. The van der Waals surface area contributed by atoms with E-state index in [2.05, 4.69) is 10.6 Å². The summed E-state index contributed by atoms with van der Waals surface area (Å²) in [7, 11) is -4.03. The molecule has 2 N–H and O–H groups in total. The Labute approximate surface area is 213 Å². The molecule has 4 rings (SSSR count). The van der Waals surface area contributed by atoms with Crippen molar-refractivity contribution in [3.05, 3.63) is 46.1 Å². The molecular weight excluding hydrogens is 509 g/mol. The Hall–Kier alpha value is -2.83. The molecule has 2 heterocycles. The van der Waals surface area contributed by atoms with Gasteiger partial charge in [0, 0.05) is 11.4 Å². The Kier molecular flexibility index (Phi) is 8.06. The van der Waals surface area contributed by atoms with E-state index in [1.54, 1.807) is 6.92 Å². The van der Waals surface area contributed by atoms with Crippen molar-refractivity contribution in [2.45, 2.75) is 62.8 Å². The van der Waals surface area contributed by atoms with Gasteiger partial charge in [-0.15, -0.1) is 11.3 Å². The van der Waals surface area contributed by atoms with Crippen LogP contribution in [0.15, 0.2) is 29.2 Å². The van der Waals surface area contributed by atoms with E-state index >= 15 is 0 Å². The highest BCUT2D eigenvalue weighted by molar-refractivity contribution is 7.89. The van der Waals surface area contributed by atoms with Crippen LogP contribution in [0.2, 0.25) is 0 Å². The number of carbonyl (C=O) groups is 3. The predicted molar refractivity (Wildman–Crippen MR) is 132 cm³/mol. The van der Waals surface area contributed by atoms with Crippen LogP contribution in [-0.2, 0) is 32.4 Å². The van der Waals surface area contributed by atoms with Crippen molar-refractivity contribution in [1.82, 2.24) is 9.62 Å². The summed E-state index contributed by atoms with van der Waals surface area (Å²) in [4.78, 5) is 39.2. The summed E-state index contributed by atoms with van der Waals surface area (Å²) >= 11 is 1.28. The SMILES string of the molecule is CCOC(=O)NC(=O)c1c(NC(=O)C2CCCN2S(=O)(=O)c2ccc(F)cc2)sc2c1CCCCC2. The fourth-order valence-corrected chi connectivity index (χ4v) is 7.57. The number of halogens is 1. The minimum Gasteiger partial charge on any atom is -0.450 e. The predicted octanol–water partition coefficient (Wildman–Crippen LogP) is 3.83. The van der Waals surface area contributed by atoms with Crippen molar-refractivity contribution in [2.75, 3.05) is 18.5 Å². The summed E-state index contributed by atoms with van der Waals surface area (Å²) in [6.45, 7) is 1.87. The molecule has 12 heteroatoms. The van der Waals surface area contributed by atoms with Gasteiger partial charge in [-0.2, -0.15) is 4.31 Å². The van der Waals surface area contributed by atoms with Gasteiger partial charge in [0.05, 0.1) is 17.1 Å². The Morgan fingerprint density at radius 3 is 2.56 bits per heavy atom. The van der Waals surface area contributed by atoms with E-state index in [4.69, 9.17) is 4.74 Å².